The number of carbonyl (C=O) groups excluding carboxylic acids is 1. The fourth-order valence-electron chi connectivity index (χ4n) is 2.07. The summed E-state index contributed by atoms with van der Waals surface area (Å²) in [6.07, 6.45) is 0. The summed E-state index contributed by atoms with van der Waals surface area (Å²) >= 11 is 1.81. The maximum Gasteiger partial charge on any atom is 0.319 e. The molecule has 0 spiro atoms. The van der Waals surface area contributed by atoms with Gasteiger partial charge < -0.3 is 15.4 Å². The smallest absolute Gasteiger partial charge is 0.319 e. The van der Waals surface area contributed by atoms with E-state index in [1.165, 1.54) is 10.5 Å². The zero-order valence-corrected chi connectivity index (χ0v) is 15.2. The zero-order valence-electron chi connectivity index (χ0n) is 14.3. The van der Waals surface area contributed by atoms with E-state index in [1.54, 1.807) is 13.2 Å². The molecule has 0 saturated heterocycles. The zero-order chi connectivity index (χ0) is 17.4. The van der Waals surface area contributed by atoms with Gasteiger partial charge in [0.1, 0.15) is 5.75 Å². The minimum Gasteiger partial charge on any atom is -0.497 e. The predicted molar refractivity (Wildman–Crippen MR) is 101 cm³/mol. The molecule has 5 heteroatoms. The van der Waals surface area contributed by atoms with Gasteiger partial charge in [0.25, 0.3) is 0 Å². The van der Waals surface area contributed by atoms with E-state index in [2.05, 4.69) is 48.7 Å². The van der Waals surface area contributed by atoms with Crippen LogP contribution < -0.4 is 15.4 Å². The highest BCUT2D eigenvalue weighted by Gasteiger charge is 2.07. The highest BCUT2D eigenvalue weighted by Crippen LogP contribution is 2.21. The minimum absolute atomic E-state index is 0.199. The number of hydrogen-bond donors (Lipinski definition) is 2. The second-order valence-electron chi connectivity index (χ2n) is 5.80. The molecule has 4 nitrogen and oxygen atoms in total. The van der Waals surface area contributed by atoms with Crippen LogP contribution in [-0.4, -0.2) is 25.4 Å². The predicted octanol–water partition coefficient (Wildman–Crippen LogP) is 4.55. The first-order valence-corrected chi connectivity index (χ1v) is 8.94. The van der Waals surface area contributed by atoms with Gasteiger partial charge in [0.15, 0.2) is 0 Å². The highest BCUT2D eigenvalue weighted by molar-refractivity contribution is 7.99. The van der Waals surface area contributed by atoms with E-state index in [0.717, 1.165) is 11.5 Å². The Labute approximate surface area is 148 Å². The second kappa shape index (κ2) is 9.23. The molecule has 0 saturated carbocycles. The Bertz CT molecular complexity index is 659. The molecule has 0 aliphatic carbocycles. The number of rotatable bonds is 7. The number of nitrogens with one attached hydrogen (secondary N) is 2. The van der Waals surface area contributed by atoms with Crippen LogP contribution in [0.5, 0.6) is 5.75 Å². The van der Waals surface area contributed by atoms with Crippen molar-refractivity contribution in [1.29, 1.82) is 0 Å². The molecule has 0 aliphatic rings. The largest absolute Gasteiger partial charge is 0.497 e. The first kappa shape index (κ1) is 18.2. The molecule has 1 atom stereocenters. The lowest BCUT2D eigenvalue weighted by Crippen LogP contribution is -2.32. The normalized spacial score (nSPS) is 11.6. The molecule has 1 unspecified atom stereocenters. The monoisotopic (exact) mass is 344 g/mol. The molecule has 128 valence electrons. The van der Waals surface area contributed by atoms with Crippen molar-refractivity contribution in [3.05, 3.63) is 54.1 Å². The average Bonchev–Trinajstić information content (AvgIpc) is 2.59. The van der Waals surface area contributed by atoms with Crippen LogP contribution in [-0.2, 0) is 0 Å². The third-order valence-electron chi connectivity index (χ3n) is 3.49. The molecule has 0 heterocycles. The van der Waals surface area contributed by atoms with Gasteiger partial charge in [0, 0.05) is 28.9 Å². The SMILES string of the molecule is COc1cccc(NC(=O)NCC(C)CSc2ccc(C)cc2)c1. The van der Waals surface area contributed by atoms with Crippen molar-refractivity contribution in [3.8, 4) is 5.75 Å². The number of aryl methyl sites for hydroxylation is 1. The molecular weight excluding hydrogens is 320 g/mol. The second-order valence-corrected chi connectivity index (χ2v) is 6.89. The Kier molecular flexibility index (Phi) is 7.00. The Morgan fingerprint density at radius 1 is 1.21 bits per heavy atom. The molecule has 0 radical (unpaired) electrons. The van der Waals surface area contributed by atoms with Crippen molar-refractivity contribution < 1.29 is 9.53 Å². The van der Waals surface area contributed by atoms with E-state index in [1.807, 2.05) is 30.0 Å². The number of benzene rings is 2. The molecule has 2 aromatic carbocycles. The summed E-state index contributed by atoms with van der Waals surface area (Å²) in [5, 5.41) is 5.72. The van der Waals surface area contributed by atoms with E-state index in [-0.39, 0.29) is 6.03 Å². The van der Waals surface area contributed by atoms with Crippen molar-refractivity contribution in [3.63, 3.8) is 0 Å². The summed E-state index contributed by atoms with van der Waals surface area (Å²) in [5.74, 6) is 2.06. The van der Waals surface area contributed by atoms with Crippen molar-refractivity contribution in [1.82, 2.24) is 5.32 Å². The maximum absolute atomic E-state index is 12.0. The first-order valence-electron chi connectivity index (χ1n) is 7.95. The Morgan fingerprint density at radius 2 is 1.96 bits per heavy atom. The van der Waals surface area contributed by atoms with Crippen molar-refractivity contribution in [2.45, 2.75) is 18.7 Å². The molecule has 2 amide bonds. The Balaban J connectivity index is 1.71. The Morgan fingerprint density at radius 3 is 2.67 bits per heavy atom. The molecular formula is C19H24N2O2S. The average molecular weight is 344 g/mol. The number of amides is 2. The third-order valence-corrected chi connectivity index (χ3v) is 4.84. The number of thioether (sulfide) groups is 1. The lowest BCUT2D eigenvalue weighted by molar-refractivity contribution is 0.251. The van der Waals surface area contributed by atoms with Crippen molar-refractivity contribution in [2.24, 2.45) is 5.92 Å². The van der Waals surface area contributed by atoms with Gasteiger partial charge in [-0.3, -0.25) is 0 Å². The molecule has 2 N–H and O–H groups in total. The first-order chi connectivity index (χ1) is 11.6. The topological polar surface area (TPSA) is 50.4 Å². The standard InChI is InChI=1S/C19H24N2O2S/c1-14-7-9-18(10-8-14)24-13-15(2)12-20-19(22)21-16-5-4-6-17(11-16)23-3/h4-11,15H,12-13H2,1-3H3,(H2,20,21,22). The van der Waals surface area contributed by atoms with Gasteiger partial charge in [-0.2, -0.15) is 0 Å². The van der Waals surface area contributed by atoms with Crippen molar-refractivity contribution >= 4 is 23.5 Å². The molecule has 0 fully saturated rings. The summed E-state index contributed by atoms with van der Waals surface area (Å²) in [6, 6.07) is 15.6. The molecule has 24 heavy (non-hydrogen) atoms. The van der Waals surface area contributed by atoms with Crippen molar-refractivity contribution in [2.75, 3.05) is 24.7 Å². The summed E-state index contributed by atoms with van der Waals surface area (Å²) in [5.41, 5.74) is 1.98. The molecule has 0 aromatic heterocycles. The quantitative estimate of drug-likeness (QED) is 0.724. The van der Waals surface area contributed by atoms with Crippen LogP contribution in [0.15, 0.2) is 53.4 Å². The lowest BCUT2D eigenvalue weighted by Gasteiger charge is -2.13. The fourth-order valence-corrected chi connectivity index (χ4v) is 3.00. The van der Waals surface area contributed by atoms with Crippen LogP contribution in [0.3, 0.4) is 0 Å². The molecule has 0 bridgehead atoms. The maximum atomic E-state index is 12.0. The van der Waals surface area contributed by atoms with Gasteiger partial charge in [-0.05, 0) is 37.1 Å². The summed E-state index contributed by atoms with van der Waals surface area (Å²) in [7, 11) is 1.60. The van der Waals surface area contributed by atoms with E-state index < -0.39 is 0 Å². The number of methoxy groups -OCH3 is 1. The lowest BCUT2D eigenvalue weighted by atomic mass is 10.2. The third kappa shape index (κ3) is 6.16. The van der Waals surface area contributed by atoms with Gasteiger partial charge in [0.2, 0.25) is 0 Å². The van der Waals surface area contributed by atoms with Gasteiger partial charge in [-0.1, -0.05) is 30.7 Å². The minimum atomic E-state index is -0.199. The van der Waals surface area contributed by atoms with Crippen LogP contribution in [0.4, 0.5) is 10.5 Å². The number of anilines is 1. The fraction of sp³-hybridized carbons (Fsp3) is 0.316. The summed E-state index contributed by atoms with van der Waals surface area (Å²) in [4.78, 5) is 13.2. The van der Waals surface area contributed by atoms with E-state index >= 15 is 0 Å². The highest BCUT2D eigenvalue weighted by atomic mass is 32.2. The van der Waals surface area contributed by atoms with Crippen LogP contribution in [0.1, 0.15) is 12.5 Å². The number of carbonyl (C=O) groups is 1. The van der Waals surface area contributed by atoms with Gasteiger partial charge in [-0.15, -0.1) is 11.8 Å². The Hall–Kier alpha value is -2.14. The van der Waals surface area contributed by atoms with Gasteiger partial charge >= 0.3 is 6.03 Å². The number of hydrogen-bond acceptors (Lipinski definition) is 3. The van der Waals surface area contributed by atoms with E-state index in [9.17, 15) is 4.79 Å². The van der Waals surface area contributed by atoms with Gasteiger partial charge in [-0.25, -0.2) is 4.79 Å². The van der Waals surface area contributed by atoms with Crippen LogP contribution in [0, 0.1) is 12.8 Å². The van der Waals surface area contributed by atoms with Crippen LogP contribution in [0.2, 0.25) is 0 Å². The van der Waals surface area contributed by atoms with Gasteiger partial charge in [0.05, 0.1) is 7.11 Å². The van der Waals surface area contributed by atoms with E-state index in [4.69, 9.17) is 4.74 Å². The summed E-state index contributed by atoms with van der Waals surface area (Å²) in [6.45, 7) is 4.85. The van der Waals surface area contributed by atoms with Crippen LogP contribution >= 0.6 is 11.8 Å². The van der Waals surface area contributed by atoms with E-state index in [0.29, 0.717) is 18.2 Å². The number of urea groups is 1. The number of ether oxygens (including phenoxy) is 1. The summed E-state index contributed by atoms with van der Waals surface area (Å²) < 4.78 is 5.14. The van der Waals surface area contributed by atoms with Crippen LogP contribution in [0.25, 0.3) is 0 Å². The molecule has 2 aromatic rings. The molecule has 0 aliphatic heterocycles. The molecule has 2 rings (SSSR count).